The maximum Gasteiger partial charge on any atom is 0.315 e. The summed E-state index contributed by atoms with van der Waals surface area (Å²) in [5.41, 5.74) is 1.03. The molecular formula is C16H16BrNO5. The van der Waals surface area contributed by atoms with Gasteiger partial charge in [0.25, 0.3) is 0 Å². The van der Waals surface area contributed by atoms with E-state index in [9.17, 15) is 24.6 Å². The molecule has 6 nitrogen and oxygen atoms in total. The molecule has 1 aromatic rings. The number of hydrogen-bond acceptors (Lipinski definition) is 4. The van der Waals surface area contributed by atoms with E-state index in [4.69, 9.17) is 0 Å². The highest BCUT2D eigenvalue weighted by Gasteiger charge is 2.53. The Morgan fingerprint density at radius 3 is 2.13 bits per heavy atom. The predicted molar refractivity (Wildman–Crippen MR) is 84.1 cm³/mol. The van der Waals surface area contributed by atoms with Gasteiger partial charge in [0.05, 0.1) is 0 Å². The van der Waals surface area contributed by atoms with Gasteiger partial charge in [-0.1, -0.05) is 28.1 Å². The van der Waals surface area contributed by atoms with Gasteiger partial charge in [-0.2, -0.15) is 0 Å². The molecule has 4 unspecified atom stereocenters. The van der Waals surface area contributed by atoms with E-state index in [1.807, 2.05) is 24.3 Å². The quantitative estimate of drug-likeness (QED) is 0.687. The second-order valence-electron chi connectivity index (χ2n) is 6.14. The minimum Gasteiger partial charge on any atom is -0.481 e. The van der Waals surface area contributed by atoms with Crippen LogP contribution in [0, 0.1) is 11.8 Å². The Hall–Kier alpha value is -1.73. The Morgan fingerprint density at radius 2 is 1.65 bits per heavy atom. The molecule has 122 valence electrons. The fourth-order valence-electron chi connectivity index (χ4n) is 3.80. The van der Waals surface area contributed by atoms with Gasteiger partial charge in [0, 0.05) is 16.6 Å². The maximum absolute atomic E-state index is 12.3. The number of carbonyl (C=O) groups excluding carboxylic acids is 1. The molecule has 23 heavy (non-hydrogen) atoms. The van der Waals surface area contributed by atoms with Crippen molar-refractivity contribution in [1.29, 1.82) is 0 Å². The van der Waals surface area contributed by atoms with Gasteiger partial charge in [-0.3, -0.25) is 14.4 Å². The lowest BCUT2D eigenvalue weighted by atomic mass is 9.68. The van der Waals surface area contributed by atoms with Crippen LogP contribution in [-0.2, 0) is 14.4 Å². The lowest BCUT2D eigenvalue weighted by Crippen LogP contribution is -2.64. The fraction of sp³-hybridized carbons (Fsp3) is 0.438. The van der Waals surface area contributed by atoms with Crippen LogP contribution in [0.1, 0.15) is 24.3 Å². The molecule has 0 saturated carbocycles. The van der Waals surface area contributed by atoms with Crippen molar-refractivity contribution < 1.29 is 24.6 Å². The molecule has 2 aliphatic heterocycles. The summed E-state index contributed by atoms with van der Waals surface area (Å²) in [5, 5.41) is 21.8. The molecule has 2 heterocycles. The number of Topliss-reactive ketones (excluding diaryl/α,β-unsaturated/α-hetero) is 1. The molecule has 0 aliphatic carbocycles. The van der Waals surface area contributed by atoms with E-state index in [2.05, 4.69) is 21.2 Å². The number of piperidine rings is 2. The summed E-state index contributed by atoms with van der Waals surface area (Å²) in [7, 11) is 0. The molecule has 2 saturated heterocycles. The molecule has 2 fully saturated rings. The zero-order chi connectivity index (χ0) is 16.7. The minimum atomic E-state index is -1.30. The summed E-state index contributed by atoms with van der Waals surface area (Å²) >= 11 is 3.41. The predicted octanol–water partition coefficient (Wildman–Crippen LogP) is 1.64. The van der Waals surface area contributed by atoms with Crippen LogP contribution in [0.4, 0.5) is 0 Å². The van der Waals surface area contributed by atoms with Crippen molar-refractivity contribution in [2.24, 2.45) is 11.8 Å². The first-order chi connectivity index (χ1) is 10.9. The summed E-state index contributed by atoms with van der Waals surface area (Å²) in [6, 6.07) is 6.64. The molecule has 3 N–H and O–H groups in total. The van der Waals surface area contributed by atoms with E-state index in [0.717, 1.165) is 10.0 Å². The third-order valence-electron chi connectivity index (χ3n) is 4.78. The van der Waals surface area contributed by atoms with Crippen LogP contribution in [0.25, 0.3) is 0 Å². The number of hydrogen-bond donors (Lipinski definition) is 3. The Balaban J connectivity index is 1.95. The van der Waals surface area contributed by atoms with Gasteiger partial charge in [0.1, 0.15) is 11.8 Å². The first kappa shape index (κ1) is 16.1. The first-order valence-electron chi connectivity index (χ1n) is 7.39. The van der Waals surface area contributed by atoms with E-state index in [1.165, 1.54) is 0 Å². The highest BCUT2D eigenvalue weighted by molar-refractivity contribution is 9.10. The Kier molecular flexibility index (Phi) is 4.25. The third-order valence-corrected chi connectivity index (χ3v) is 5.27. The number of ketones is 1. The summed E-state index contributed by atoms with van der Waals surface area (Å²) in [4.78, 5) is 35.2. The molecule has 2 bridgehead atoms. The molecule has 0 amide bonds. The molecule has 4 atom stereocenters. The highest BCUT2D eigenvalue weighted by Crippen LogP contribution is 2.40. The Morgan fingerprint density at radius 1 is 1.09 bits per heavy atom. The molecule has 2 aliphatic rings. The molecule has 0 aromatic heterocycles. The molecule has 0 spiro atoms. The Labute approximate surface area is 141 Å². The molecular weight excluding hydrogens is 366 g/mol. The van der Waals surface area contributed by atoms with Crippen molar-refractivity contribution in [3.05, 3.63) is 34.3 Å². The SMILES string of the molecule is O=C(O)C1C(=O)C(C(=O)O)C2CC(c3cccc(Br)c3)CC1N2. The topological polar surface area (TPSA) is 104 Å². The van der Waals surface area contributed by atoms with Crippen LogP contribution >= 0.6 is 15.9 Å². The number of carboxylic acids is 2. The van der Waals surface area contributed by atoms with Crippen LogP contribution in [0.2, 0.25) is 0 Å². The number of halogens is 1. The minimum absolute atomic E-state index is 0.0283. The number of nitrogens with one attached hydrogen (secondary N) is 1. The van der Waals surface area contributed by atoms with E-state index in [0.29, 0.717) is 12.8 Å². The van der Waals surface area contributed by atoms with Crippen molar-refractivity contribution in [2.75, 3.05) is 0 Å². The molecule has 1 aromatic carbocycles. The van der Waals surface area contributed by atoms with Gasteiger partial charge in [0.15, 0.2) is 5.78 Å². The van der Waals surface area contributed by atoms with Gasteiger partial charge < -0.3 is 15.5 Å². The lowest BCUT2D eigenvalue weighted by molar-refractivity contribution is -0.158. The van der Waals surface area contributed by atoms with Gasteiger partial charge in [-0.05, 0) is 36.5 Å². The zero-order valence-corrected chi connectivity index (χ0v) is 13.7. The van der Waals surface area contributed by atoms with Crippen LogP contribution in [-0.4, -0.2) is 40.0 Å². The number of fused-ring (bicyclic) bond motifs is 2. The van der Waals surface area contributed by atoms with Crippen molar-refractivity contribution in [1.82, 2.24) is 5.32 Å². The number of benzene rings is 1. The van der Waals surface area contributed by atoms with Gasteiger partial charge in [-0.15, -0.1) is 0 Å². The van der Waals surface area contributed by atoms with Gasteiger partial charge in [-0.25, -0.2) is 0 Å². The fourth-order valence-corrected chi connectivity index (χ4v) is 4.21. The van der Waals surface area contributed by atoms with Crippen molar-refractivity contribution in [2.45, 2.75) is 30.8 Å². The summed E-state index contributed by atoms with van der Waals surface area (Å²) in [5.74, 6) is -5.78. The van der Waals surface area contributed by atoms with Crippen molar-refractivity contribution >= 4 is 33.7 Å². The standard InChI is InChI=1S/C16H16BrNO5/c17-9-3-1-2-7(4-9)8-5-10-12(15(20)21)14(19)13(16(22)23)11(6-8)18-10/h1-4,8,10-13,18H,5-6H2,(H,20,21)(H,22,23). The smallest absolute Gasteiger partial charge is 0.315 e. The zero-order valence-electron chi connectivity index (χ0n) is 12.1. The summed E-state index contributed by atoms with van der Waals surface area (Å²) in [6.45, 7) is 0. The van der Waals surface area contributed by atoms with Crippen LogP contribution in [0.3, 0.4) is 0 Å². The van der Waals surface area contributed by atoms with Crippen LogP contribution < -0.4 is 5.32 Å². The second kappa shape index (κ2) is 6.05. The average Bonchev–Trinajstić information content (AvgIpc) is 2.45. The third kappa shape index (κ3) is 2.90. The molecule has 7 heteroatoms. The van der Waals surface area contributed by atoms with E-state index in [-0.39, 0.29) is 5.92 Å². The number of carboxylic acid groups (broad SMARTS) is 2. The summed E-state index contributed by atoms with van der Waals surface area (Å²) in [6.07, 6.45) is 1.00. The average molecular weight is 382 g/mol. The number of aliphatic carboxylic acids is 2. The van der Waals surface area contributed by atoms with E-state index < -0.39 is 41.6 Å². The monoisotopic (exact) mass is 381 g/mol. The number of carbonyl (C=O) groups is 3. The summed E-state index contributed by atoms with van der Waals surface area (Å²) < 4.78 is 0.916. The van der Waals surface area contributed by atoms with Gasteiger partial charge in [0.2, 0.25) is 0 Å². The highest BCUT2D eigenvalue weighted by atomic mass is 79.9. The van der Waals surface area contributed by atoms with Crippen molar-refractivity contribution in [3.8, 4) is 0 Å². The normalized spacial score (nSPS) is 33.3. The van der Waals surface area contributed by atoms with Crippen molar-refractivity contribution in [3.63, 3.8) is 0 Å². The molecule has 0 radical (unpaired) electrons. The number of rotatable bonds is 3. The first-order valence-corrected chi connectivity index (χ1v) is 8.18. The lowest BCUT2D eigenvalue weighted by Gasteiger charge is -2.45. The largest absolute Gasteiger partial charge is 0.481 e. The van der Waals surface area contributed by atoms with Crippen LogP contribution in [0.15, 0.2) is 28.7 Å². The van der Waals surface area contributed by atoms with E-state index >= 15 is 0 Å². The molecule has 3 rings (SSSR count). The second-order valence-corrected chi connectivity index (χ2v) is 7.05. The Bertz CT molecular complexity index is 644. The van der Waals surface area contributed by atoms with Crippen LogP contribution in [0.5, 0.6) is 0 Å². The maximum atomic E-state index is 12.3. The van der Waals surface area contributed by atoms with E-state index in [1.54, 1.807) is 0 Å². The van der Waals surface area contributed by atoms with Gasteiger partial charge >= 0.3 is 11.9 Å².